The zero-order valence-electron chi connectivity index (χ0n) is 11.5. The molecule has 0 saturated heterocycles. The first kappa shape index (κ1) is 14.9. The molecule has 0 heterocycles. The summed E-state index contributed by atoms with van der Waals surface area (Å²) in [4.78, 5) is 11.5. The number of nitrogens with one attached hydrogen (secondary N) is 1. The van der Waals surface area contributed by atoms with E-state index in [1.54, 1.807) is 0 Å². The molecular formula is C15H19NO3. The van der Waals surface area contributed by atoms with Crippen LogP contribution in [0, 0.1) is 12.3 Å². The molecule has 0 radical (unpaired) electrons. The summed E-state index contributed by atoms with van der Waals surface area (Å²) in [7, 11) is 0. The minimum atomic E-state index is -0.498. The molecule has 1 aromatic carbocycles. The molecule has 102 valence electrons. The minimum absolute atomic E-state index is 0.225. The van der Waals surface area contributed by atoms with Crippen molar-refractivity contribution in [3.8, 4) is 18.1 Å². The molecule has 4 heteroatoms. The van der Waals surface area contributed by atoms with Crippen molar-refractivity contribution in [2.75, 3.05) is 6.61 Å². The highest BCUT2D eigenvalue weighted by atomic mass is 16.6. The third-order valence-corrected chi connectivity index (χ3v) is 2.06. The highest BCUT2D eigenvalue weighted by Crippen LogP contribution is 2.13. The van der Waals surface area contributed by atoms with Gasteiger partial charge in [0.15, 0.2) is 0 Å². The van der Waals surface area contributed by atoms with Gasteiger partial charge >= 0.3 is 6.09 Å². The topological polar surface area (TPSA) is 47.6 Å². The van der Waals surface area contributed by atoms with E-state index in [9.17, 15) is 4.79 Å². The van der Waals surface area contributed by atoms with E-state index in [4.69, 9.17) is 15.9 Å². The van der Waals surface area contributed by atoms with Crippen LogP contribution in [0.15, 0.2) is 24.3 Å². The second-order valence-electron chi connectivity index (χ2n) is 5.00. The van der Waals surface area contributed by atoms with Crippen LogP contribution >= 0.6 is 0 Å². The van der Waals surface area contributed by atoms with Gasteiger partial charge in [0.2, 0.25) is 0 Å². The minimum Gasteiger partial charge on any atom is -0.481 e. The quantitative estimate of drug-likeness (QED) is 0.848. The fraction of sp³-hybridized carbons (Fsp3) is 0.400. The fourth-order valence-electron chi connectivity index (χ4n) is 1.36. The second kappa shape index (κ2) is 6.69. The highest BCUT2D eigenvalue weighted by molar-refractivity contribution is 5.67. The maximum absolute atomic E-state index is 11.5. The van der Waals surface area contributed by atoms with Crippen LogP contribution in [0.5, 0.6) is 5.75 Å². The molecule has 4 nitrogen and oxygen atoms in total. The Labute approximate surface area is 114 Å². The average Bonchev–Trinajstić information content (AvgIpc) is 2.32. The molecule has 1 aromatic rings. The number of rotatable bonds is 4. The summed E-state index contributed by atoms with van der Waals surface area (Å²) in [5.41, 5.74) is 0.419. The molecule has 0 unspecified atom stereocenters. The van der Waals surface area contributed by atoms with Crippen LogP contribution in [-0.2, 0) is 11.3 Å². The molecule has 1 N–H and O–H groups in total. The summed E-state index contributed by atoms with van der Waals surface area (Å²) in [6.45, 7) is 6.06. The lowest BCUT2D eigenvalue weighted by Crippen LogP contribution is -2.32. The van der Waals surface area contributed by atoms with E-state index >= 15 is 0 Å². The van der Waals surface area contributed by atoms with Gasteiger partial charge in [0.05, 0.1) is 0 Å². The Hall–Kier alpha value is -2.15. The fourth-order valence-corrected chi connectivity index (χ4v) is 1.36. The molecule has 0 spiro atoms. The number of carbonyl (C=O) groups excluding carboxylic acids is 1. The van der Waals surface area contributed by atoms with Gasteiger partial charge in [0, 0.05) is 6.54 Å². The van der Waals surface area contributed by atoms with Crippen LogP contribution in [0.2, 0.25) is 0 Å². The van der Waals surface area contributed by atoms with Crippen LogP contribution in [-0.4, -0.2) is 18.3 Å². The van der Waals surface area contributed by atoms with Crippen LogP contribution in [0.1, 0.15) is 26.3 Å². The SMILES string of the molecule is C#CCOc1cccc(CNC(=O)OC(C)(C)C)c1. The van der Waals surface area contributed by atoms with Gasteiger partial charge in [-0.3, -0.25) is 0 Å². The largest absolute Gasteiger partial charge is 0.481 e. The summed E-state index contributed by atoms with van der Waals surface area (Å²) in [5.74, 6) is 3.08. The molecule has 0 aliphatic carbocycles. The summed E-state index contributed by atoms with van der Waals surface area (Å²) in [6.07, 6.45) is 4.68. The molecule has 19 heavy (non-hydrogen) atoms. The van der Waals surface area contributed by atoms with Gasteiger partial charge in [-0.25, -0.2) is 4.79 Å². The lowest BCUT2D eigenvalue weighted by Gasteiger charge is -2.19. The summed E-state index contributed by atoms with van der Waals surface area (Å²) < 4.78 is 10.4. The van der Waals surface area contributed by atoms with E-state index in [0.29, 0.717) is 12.3 Å². The molecule has 0 aliphatic heterocycles. The summed E-state index contributed by atoms with van der Waals surface area (Å²) in [5, 5.41) is 2.68. The second-order valence-corrected chi connectivity index (χ2v) is 5.00. The third kappa shape index (κ3) is 6.37. The van der Waals surface area contributed by atoms with Crippen molar-refractivity contribution in [3.63, 3.8) is 0 Å². The highest BCUT2D eigenvalue weighted by Gasteiger charge is 2.15. The number of terminal acetylenes is 1. The van der Waals surface area contributed by atoms with Crippen molar-refractivity contribution in [3.05, 3.63) is 29.8 Å². The van der Waals surface area contributed by atoms with Gasteiger partial charge < -0.3 is 14.8 Å². The monoisotopic (exact) mass is 261 g/mol. The third-order valence-electron chi connectivity index (χ3n) is 2.06. The Balaban J connectivity index is 2.49. The van der Waals surface area contributed by atoms with E-state index in [0.717, 1.165) is 5.56 Å². The maximum atomic E-state index is 11.5. The first-order valence-corrected chi connectivity index (χ1v) is 6.03. The van der Waals surface area contributed by atoms with Crippen molar-refractivity contribution < 1.29 is 14.3 Å². The zero-order chi connectivity index (χ0) is 14.3. The van der Waals surface area contributed by atoms with E-state index in [1.807, 2.05) is 45.0 Å². The van der Waals surface area contributed by atoms with Crippen molar-refractivity contribution in [1.82, 2.24) is 5.32 Å². The molecular weight excluding hydrogens is 242 g/mol. The Morgan fingerprint density at radius 3 is 2.79 bits per heavy atom. The Bertz CT molecular complexity index is 469. The molecule has 1 rings (SSSR count). The van der Waals surface area contributed by atoms with Gasteiger partial charge in [-0.15, -0.1) is 6.42 Å². The van der Waals surface area contributed by atoms with Gasteiger partial charge in [0.1, 0.15) is 18.0 Å². The van der Waals surface area contributed by atoms with Gasteiger partial charge in [-0.1, -0.05) is 18.1 Å². The Kier molecular flexibility index (Phi) is 5.25. The van der Waals surface area contributed by atoms with Crippen LogP contribution in [0.3, 0.4) is 0 Å². The molecule has 0 fully saturated rings. The van der Waals surface area contributed by atoms with Gasteiger partial charge in [0.25, 0.3) is 0 Å². The van der Waals surface area contributed by atoms with Crippen molar-refractivity contribution in [2.24, 2.45) is 0 Å². The average molecular weight is 261 g/mol. The van der Waals surface area contributed by atoms with Gasteiger partial charge in [-0.05, 0) is 38.5 Å². The van der Waals surface area contributed by atoms with E-state index in [2.05, 4.69) is 11.2 Å². The van der Waals surface area contributed by atoms with Gasteiger partial charge in [-0.2, -0.15) is 0 Å². The van der Waals surface area contributed by atoms with Crippen molar-refractivity contribution in [2.45, 2.75) is 32.9 Å². The van der Waals surface area contributed by atoms with E-state index in [-0.39, 0.29) is 6.61 Å². The smallest absolute Gasteiger partial charge is 0.407 e. The summed E-state index contributed by atoms with van der Waals surface area (Å²) >= 11 is 0. The molecule has 0 bridgehead atoms. The molecule has 0 atom stereocenters. The summed E-state index contributed by atoms with van der Waals surface area (Å²) in [6, 6.07) is 7.38. The van der Waals surface area contributed by atoms with Crippen molar-refractivity contribution in [1.29, 1.82) is 0 Å². The van der Waals surface area contributed by atoms with E-state index < -0.39 is 11.7 Å². The number of alkyl carbamates (subject to hydrolysis) is 1. The predicted octanol–water partition coefficient (Wildman–Crippen LogP) is 2.72. The predicted molar refractivity (Wildman–Crippen MR) is 73.8 cm³/mol. The zero-order valence-corrected chi connectivity index (χ0v) is 11.5. The molecule has 0 saturated carbocycles. The Morgan fingerprint density at radius 1 is 1.42 bits per heavy atom. The Morgan fingerprint density at radius 2 is 2.16 bits per heavy atom. The number of hydrogen-bond acceptors (Lipinski definition) is 3. The lowest BCUT2D eigenvalue weighted by molar-refractivity contribution is 0.0523. The number of carbonyl (C=O) groups is 1. The number of benzene rings is 1. The first-order valence-electron chi connectivity index (χ1n) is 6.03. The van der Waals surface area contributed by atoms with Crippen LogP contribution < -0.4 is 10.1 Å². The molecule has 1 amide bonds. The lowest BCUT2D eigenvalue weighted by atomic mass is 10.2. The number of amides is 1. The van der Waals surface area contributed by atoms with Crippen LogP contribution in [0.4, 0.5) is 4.79 Å². The number of ether oxygens (including phenoxy) is 2. The molecule has 0 aromatic heterocycles. The molecule has 0 aliphatic rings. The number of hydrogen-bond donors (Lipinski definition) is 1. The van der Waals surface area contributed by atoms with Crippen molar-refractivity contribution >= 4 is 6.09 Å². The van der Waals surface area contributed by atoms with Crippen LogP contribution in [0.25, 0.3) is 0 Å². The standard InChI is InChI=1S/C15H19NO3/c1-5-9-18-13-8-6-7-12(10-13)11-16-14(17)19-15(2,3)4/h1,6-8,10H,9,11H2,2-4H3,(H,16,17). The first-order chi connectivity index (χ1) is 8.90. The maximum Gasteiger partial charge on any atom is 0.407 e. The van der Waals surface area contributed by atoms with E-state index in [1.165, 1.54) is 0 Å². The normalized spacial score (nSPS) is 10.4.